The van der Waals surface area contributed by atoms with Crippen LogP contribution >= 0.6 is 46.6 Å². The molecule has 0 bridgehead atoms. The lowest BCUT2D eigenvalue weighted by Gasteiger charge is -2.15. The molecule has 1 aromatic heterocycles. The molecule has 0 fully saturated rings. The molecular weight excluding hydrogens is 439 g/mol. The fraction of sp³-hybridized carbons (Fsp3) is 0.211. The summed E-state index contributed by atoms with van der Waals surface area (Å²) in [4.78, 5) is 12.3. The topological polar surface area (TPSA) is 59.8 Å². The molecule has 9 heteroatoms. The summed E-state index contributed by atoms with van der Waals surface area (Å²) in [6, 6.07) is 12.4. The van der Waals surface area contributed by atoms with Crippen LogP contribution in [0.15, 0.2) is 47.6 Å². The van der Waals surface area contributed by atoms with Crippen molar-refractivity contribution < 1.29 is 4.79 Å². The lowest BCUT2D eigenvalue weighted by molar-refractivity contribution is -0.119. The van der Waals surface area contributed by atoms with E-state index in [1.54, 1.807) is 24.3 Å². The first-order valence-corrected chi connectivity index (χ1v) is 10.5. The van der Waals surface area contributed by atoms with Crippen molar-refractivity contribution in [1.82, 2.24) is 20.1 Å². The van der Waals surface area contributed by atoms with E-state index in [1.807, 2.05) is 36.7 Å². The minimum absolute atomic E-state index is 0.134. The number of hydrogen-bond acceptors (Lipinski definition) is 4. The van der Waals surface area contributed by atoms with E-state index < -0.39 is 0 Å². The van der Waals surface area contributed by atoms with Crippen LogP contribution in [0.2, 0.25) is 15.1 Å². The second kappa shape index (κ2) is 9.18. The van der Waals surface area contributed by atoms with E-state index in [-0.39, 0.29) is 17.7 Å². The third-order valence-corrected chi connectivity index (χ3v) is 6.00. The van der Waals surface area contributed by atoms with Crippen LogP contribution in [0.5, 0.6) is 0 Å². The average molecular weight is 456 g/mol. The zero-order valence-corrected chi connectivity index (χ0v) is 18.2. The Balaban J connectivity index is 1.63. The van der Waals surface area contributed by atoms with Crippen LogP contribution in [-0.4, -0.2) is 26.4 Å². The molecule has 1 N–H and O–H groups in total. The summed E-state index contributed by atoms with van der Waals surface area (Å²) in [5.41, 5.74) is 1.60. The summed E-state index contributed by atoms with van der Waals surface area (Å²) in [5, 5.41) is 13.6. The normalized spacial score (nSPS) is 12.0. The van der Waals surface area contributed by atoms with E-state index in [0.29, 0.717) is 26.0 Å². The Kier molecular flexibility index (Phi) is 6.88. The summed E-state index contributed by atoms with van der Waals surface area (Å²) in [6.45, 7) is 1.87. The van der Waals surface area contributed by atoms with Crippen molar-refractivity contribution in [2.45, 2.75) is 18.1 Å². The lowest BCUT2D eigenvalue weighted by atomic mass is 10.1. The van der Waals surface area contributed by atoms with Crippen LogP contribution in [0.1, 0.15) is 18.5 Å². The number of rotatable bonds is 6. The second-order valence-electron chi connectivity index (χ2n) is 6.09. The average Bonchev–Trinajstić information content (AvgIpc) is 3.00. The van der Waals surface area contributed by atoms with Gasteiger partial charge in [-0.15, -0.1) is 10.2 Å². The monoisotopic (exact) mass is 454 g/mol. The van der Waals surface area contributed by atoms with Gasteiger partial charge in [0.15, 0.2) is 11.0 Å². The summed E-state index contributed by atoms with van der Waals surface area (Å²) in [6.07, 6.45) is 0. The Morgan fingerprint density at radius 3 is 2.61 bits per heavy atom. The zero-order chi connectivity index (χ0) is 20.3. The number of carbonyl (C=O) groups is 1. The molecule has 5 nitrogen and oxygen atoms in total. The summed E-state index contributed by atoms with van der Waals surface area (Å²) in [5.74, 6) is 0.713. The minimum Gasteiger partial charge on any atom is -0.349 e. The highest BCUT2D eigenvalue weighted by Crippen LogP contribution is 2.29. The number of nitrogens with one attached hydrogen (secondary N) is 1. The van der Waals surface area contributed by atoms with Gasteiger partial charge in [-0.1, -0.05) is 64.8 Å². The molecule has 1 unspecified atom stereocenters. The molecular formula is C19H17Cl3N4OS. The molecule has 1 heterocycles. The molecule has 1 amide bonds. The first-order valence-electron chi connectivity index (χ1n) is 8.38. The predicted octanol–water partition coefficient (Wildman–Crippen LogP) is 5.41. The predicted molar refractivity (Wildman–Crippen MR) is 115 cm³/mol. The highest BCUT2D eigenvalue weighted by Gasteiger charge is 2.17. The molecule has 0 spiro atoms. The van der Waals surface area contributed by atoms with E-state index in [2.05, 4.69) is 15.5 Å². The standard InChI is InChI=1S/C19H17Cl3N4OS/c1-11(13-8-7-12(20)9-16(13)22)23-17(27)10-28-19-25-24-18(26(19)2)14-5-3-4-6-15(14)21/h3-9,11H,10H2,1-2H3,(H,23,27). The Morgan fingerprint density at radius 2 is 1.89 bits per heavy atom. The fourth-order valence-corrected chi connectivity index (χ4v) is 4.18. The van der Waals surface area contributed by atoms with Gasteiger partial charge in [0, 0.05) is 22.7 Å². The van der Waals surface area contributed by atoms with Gasteiger partial charge in [-0.25, -0.2) is 0 Å². The molecule has 146 valence electrons. The van der Waals surface area contributed by atoms with Gasteiger partial charge in [-0.2, -0.15) is 0 Å². The highest BCUT2D eigenvalue weighted by atomic mass is 35.5. The van der Waals surface area contributed by atoms with Gasteiger partial charge < -0.3 is 9.88 Å². The third-order valence-electron chi connectivity index (χ3n) is 4.09. The summed E-state index contributed by atoms with van der Waals surface area (Å²) in [7, 11) is 1.84. The quantitative estimate of drug-likeness (QED) is 0.505. The summed E-state index contributed by atoms with van der Waals surface area (Å²) < 4.78 is 1.82. The smallest absolute Gasteiger partial charge is 0.230 e. The van der Waals surface area contributed by atoms with E-state index in [0.717, 1.165) is 11.1 Å². The molecule has 2 aromatic carbocycles. The highest BCUT2D eigenvalue weighted by molar-refractivity contribution is 7.99. The molecule has 0 aliphatic heterocycles. The Labute approximate surface area is 182 Å². The Hall–Kier alpha value is -1.73. The molecule has 28 heavy (non-hydrogen) atoms. The van der Waals surface area contributed by atoms with Crippen LogP contribution in [0, 0.1) is 0 Å². The molecule has 0 saturated carbocycles. The molecule has 1 atom stereocenters. The van der Waals surface area contributed by atoms with Gasteiger partial charge in [0.25, 0.3) is 0 Å². The number of benzene rings is 2. The van der Waals surface area contributed by atoms with Gasteiger partial charge in [-0.05, 0) is 36.8 Å². The first-order chi connectivity index (χ1) is 13.4. The van der Waals surface area contributed by atoms with E-state index in [1.165, 1.54) is 11.8 Å². The molecule has 3 aromatic rings. The van der Waals surface area contributed by atoms with Gasteiger partial charge in [-0.3, -0.25) is 4.79 Å². The summed E-state index contributed by atoms with van der Waals surface area (Å²) >= 11 is 19.7. The van der Waals surface area contributed by atoms with Crippen LogP contribution < -0.4 is 5.32 Å². The van der Waals surface area contributed by atoms with Crippen LogP contribution in [0.4, 0.5) is 0 Å². The largest absolute Gasteiger partial charge is 0.349 e. The van der Waals surface area contributed by atoms with Crippen LogP contribution in [0.3, 0.4) is 0 Å². The number of thioether (sulfide) groups is 1. The van der Waals surface area contributed by atoms with Crippen molar-refractivity contribution in [3.05, 3.63) is 63.1 Å². The third kappa shape index (κ3) is 4.81. The maximum atomic E-state index is 12.3. The minimum atomic E-state index is -0.240. The van der Waals surface area contributed by atoms with Gasteiger partial charge in [0.2, 0.25) is 5.91 Å². The molecule has 0 aliphatic carbocycles. The van der Waals surface area contributed by atoms with Gasteiger partial charge in [0.05, 0.1) is 16.8 Å². The fourth-order valence-electron chi connectivity index (χ4n) is 2.66. The number of carbonyl (C=O) groups excluding carboxylic acids is 1. The number of aromatic nitrogens is 3. The van der Waals surface area contributed by atoms with Crippen molar-refractivity contribution in [1.29, 1.82) is 0 Å². The maximum absolute atomic E-state index is 12.3. The Morgan fingerprint density at radius 1 is 1.14 bits per heavy atom. The van der Waals surface area contributed by atoms with E-state index >= 15 is 0 Å². The van der Waals surface area contributed by atoms with Crippen molar-refractivity contribution in [2.75, 3.05) is 5.75 Å². The van der Waals surface area contributed by atoms with E-state index in [4.69, 9.17) is 34.8 Å². The van der Waals surface area contributed by atoms with Gasteiger partial charge in [0.1, 0.15) is 0 Å². The van der Waals surface area contributed by atoms with Crippen molar-refractivity contribution in [3.8, 4) is 11.4 Å². The van der Waals surface area contributed by atoms with E-state index in [9.17, 15) is 4.79 Å². The molecule has 0 saturated heterocycles. The van der Waals surface area contributed by atoms with Crippen LogP contribution in [-0.2, 0) is 11.8 Å². The van der Waals surface area contributed by atoms with Crippen molar-refractivity contribution in [3.63, 3.8) is 0 Å². The second-order valence-corrected chi connectivity index (χ2v) is 8.28. The zero-order valence-electron chi connectivity index (χ0n) is 15.1. The van der Waals surface area contributed by atoms with Gasteiger partial charge >= 0.3 is 0 Å². The van der Waals surface area contributed by atoms with Crippen molar-refractivity contribution in [2.24, 2.45) is 7.05 Å². The Bertz CT molecular complexity index is 1010. The maximum Gasteiger partial charge on any atom is 0.230 e. The van der Waals surface area contributed by atoms with Crippen LogP contribution in [0.25, 0.3) is 11.4 Å². The number of hydrogen-bond donors (Lipinski definition) is 1. The SMILES string of the molecule is CC(NC(=O)CSc1nnc(-c2ccccc2Cl)n1C)c1ccc(Cl)cc1Cl. The van der Waals surface area contributed by atoms with Crippen molar-refractivity contribution >= 4 is 52.5 Å². The molecule has 3 rings (SSSR count). The number of amides is 1. The first kappa shape index (κ1) is 21.0. The number of halogens is 3. The lowest BCUT2D eigenvalue weighted by Crippen LogP contribution is -2.28. The molecule has 0 aliphatic rings. The number of nitrogens with zero attached hydrogens (tertiary/aromatic N) is 3. The molecule has 0 radical (unpaired) electrons.